The number of carbonyl (C=O) groups excluding carboxylic acids is 1. The average molecular weight is 459 g/mol. The van der Waals surface area contributed by atoms with Crippen molar-refractivity contribution in [3.05, 3.63) is 24.3 Å². The van der Waals surface area contributed by atoms with Gasteiger partial charge in [0.05, 0.1) is 22.4 Å². The second-order valence-electron chi connectivity index (χ2n) is 10.5. The number of amides is 1. The van der Waals surface area contributed by atoms with E-state index in [2.05, 4.69) is 11.1 Å². The lowest BCUT2D eigenvalue weighted by Crippen LogP contribution is -2.50. The van der Waals surface area contributed by atoms with Crippen LogP contribution in [0.2, 0.25) is 0 Å². The highest BCUT2D eigenvalue weighted by Crippen LogP contribution is 2.39. The van der Waals surface area contributed by atoms with Crippen LogP contribution in [0.5, 0.6) is 5.19 Å². The Kier molecular flexibility index (Phi) is 6.05. The summed E-state index contributed by atoms with van der Waals surface area (Å²) >= 11 is 1.63. The third kappa shape index (κ3) is 4.88. The van der Waals surface area contributed by atoms with E-state index in [0.29, 0.717) is 6.10 Å². The first-order valence-corrected chi connectivity index (χ1v) is 12.8. The maximum Gasteiger partial charge on any atom is 0.410 e. The molecule has 1 amide bonds. The highest BCUT2D eigenvalue weighted by Gasteiger charge is 2.45. The van der Waals surface area contributed by atoms with Crippen molar-refractivity contribution in [3.63, 3.8) is 0 Å². The van der Waals surface area contributed by atoms with E-state index in [9.17, 15) is 4.79 Å². The Morgan fingerprint density at radius 2 is 1.62 bits per heavy atom. The normalized spacial score (nSPS) is 30.5. The molecular weight excluding hydrogens is 424 g/mol. The number of carbonyl (C=O) groups is 1. The number of benzene rings is 1. The summed E-state index contributed by atoms with van der Waals surface area (Å²) in [6.45, 7) is 5.79. The smallest absolute Gasteiger partial charge is 0.410 e. The highest BCUT2D eigenvalue weighted by atomic mass is 32.1. The largest absolute Gasteiger partial charge is 0.467 e. The minimum absolute atomic E-state index is 0.157. The van der Waals surface area contributed by atoms with Crippen LogP contribution in [0.1, 0.15) is 72.1 Å². The summed E-state index contributed by atoms with van der Waals surface area (Å²) in [5.74, 6) is 0. The number of hydrogen-bond acceptors (Lipinski definition) is 6. The second kappa shape index (κ2) is 8.82. The number of rotatable bonds is 4. The lowest BCUT2D eigenvalue weighted by Gasteiger charge is -2.41. The third-order valence-corrected chi connectivity index (χ3v) is 7.77. The van der Waals surface area contributed by atoms with Crippen LogP contribution in [0.3, 0.4) is 0 Å². The zero-order chi connectivity index (χ0) is 22.3. The number of ether oxygens (including phenoxy) is 3. The molecule has 0 spiro atoms. The quantitative estimate of drug-likeness (QED) is 0.568. The van der Waals surface area contributed by atoms with E-state index in [1.165, 1.54) is 4.70 Å². The number of piperidine rings is 1. The van der Waals surface area contributed by atoms with Crippen LogP contribution in [0, 0.1) is 0 Å². The number of aromatic nitrogens is 1. The van der Waals surface area contributed by atoms with Crippen molar-refractivity contribution in [1.82, 2.24) is 9.88 Å². The maximum atomic E-state index is 12.7. The zero-order valence-corrected chi connectivity index (χ0v) is 20.1. The summed E-state index contributed by atoms with van der Waals surface area (Å²) in [7, 11) is 0. The number of para-hydroxylation sites is 1. The lowest BCUT2D eigenvalue weighted by atomic mass is 9.93. The SMILES string of the molecule is CC(C)(C)OC(=O)N1[C@@H]2CC[C@H]1CC(OC1CCC(Oc3nc4ccccc4s3)CC1)C2. The van der Waals surface area contributed by atoms with E-state index >= 15 is 0 Å². The molecule has 7 heteroatoms. The molecule has 1 aromatic heterocycles. The van der Waals surface area contributed by atoms with Crippen molar-refractivity contribution in [2.24, 2.45) is 0 Å². The zero-order valence-electron chi connectivity index (χ0n) is 19.3. The first-order valence-electron chi connectivity index (χ1n) is 12.0. The van der Waals surface area contributed by atoms with Gasteiger partial charge in [0.15, 0.2) is 0 Å². The molecule has 32 heavy (non-hydrogen) atoms. The monoisotopic (exact) mass is 458 g/mol. The fourth-order valence-corrected chi connectivity index (χ4v) is 6.33. The van der Waals surface area contributed by atoms with Crippen LogP contribution in [0.25, 0.3) is 10.2 Å². The Morgan fingerprint density at radius 1 is 0.969 bits per heavy atom. The fourth-order valence-electron chi connectivity index (χ4n) is 5.45. The van der Waals surface area contributed by atoms with Gasteiger partial charge in [-0.15, -0.1) is 0 Å². The van der Waals surface area contributed by atoms with E-state index in [0.717, 1.165) is 62.1 Å². The number of hydrogen-bond donors (Lipinski definition) is 0. The molecule has 6 nitrogen and oxygen atoms in total. The standard InChI is InChI=1S/C25H34N2O4S/c1-25(2,3)31-24(28)27-16-8-9-17(27)15-20(14-16)29-18-10-12-19(13-11-18)30-23-26-21-6-4-5-7-22(21)32-23/h4-7,16-20H,8-15H2,1-3H3/t16-,17+,18?,19?,20?. The molecule has 2 aliphatic heterocycles. The summed E-state index contributed by atoms with van der Waals surface area (Å²) in [6.07, 6.45) is 8.65. The van der Waals surface area contributed by atoms with E-state index in [-0.39, 0.29) is 30.4 Å². The van der Waals surface area contributed by atoms with Crippen LogP contribution in [0.4, 0.5) is 4.79 Å². The van der Waals surface area contributed by atoms with Crippen molar-refractivity contribution in [3.8, 4) is 5.19 Å². The van der Waals surface area contributed by atoms with Crippen LogP contribution in [-0.4, -0.2) is 52.0 Å². The Balaban J connectivity index is 1.09. The average Bonchev–Trinajstić information content (AvgIpc) is 3.26. The predicted octanol–water partition coefficient (Wildman–Crippen LogP) is 5.93. The molecular formula is C25H34N2O4S. The van der Waals surface area contributed by atoms with Gasteiger partial charge < -0.3 is 19.1 Å². The molecule has 1 saturated carbocycles. The molecule has 3 fully saturated rings. The molecule has 3 atom stereocenters. The summed E-state index contributed by atoms with van der Waals surface area (Å²) in [6, 6.07) is 8.69. The predicted molar refractivity (Wildman–Crippen MR) is 125 cm³/mol. The second-order valence-corrected chi connectivity index (χ2v) is 11.5. The van der Waals surface area contributed by atoms with Crippen LogP contribution < -0.4 is 4.74 Å². The Bertz CT molecular complexity index is 900. The summed E-state index contributed by atoms with van der Waals surface area (Å²) in [5.41, 5.74) is 0.563. The first-order chi connectivity index (χ1) is 15.3. The van der Waals surface area contributed by atoms with Gasteiger partial charge in [-0.2, -0.15) is 0 Å². The van der Waals surface area contributed by atoms with Gasteiger partial charge in [-0.05, 0) is 84.3 Å². The molecule has 3 heterocycles. The Hall–Kier alpha value is -1.86. The topological polar surface area (TPSA) is 60.9 Å². The van der Waals surface area contributed by atoms with E-state index < -0.39 is 5.60 Å². The molecule has 3 aliphatic rings. The Morgan fingerprint density at radius 3 is 2.28 bits per heavy atom. The van der Waals surface area contributed by atoms with Crippen molar-refractivity contribution < 1.29 is 19.0 Å². The molecule has 1 aromatic carbocycles. The molecule has 1 aliphatic carbocycles. The molecule has 2 saturated heterocycles. The molecule has 0 N–H and O–H groups in total. The van der Waals surface area contributed by atoms with Crippen molar-refractivity contribution in [2.45, 2.75) is 108 Å². The summed E-state index contributed by atoms with van der Waals surface area (Å²) in [4.78, 5) is 19.3. The summed E-state index contributed by atoms with van der Waals surface area (Å²) in [5, 5.41) is 0.779. The molecule has 5 rings (SSSR count). The van der Waals surface area contributed by atoms with Gasteiger partial charge in [-0.3, -0.25) is 0 Å². The van der Waals surface area contributed by atoms with Crippen molar-refractivity contribution >= 4 is 27.6 Å². The number of nitrogens with zero attached hydrogens (tertiary/aromatic N) is 2. The molecule has 2 bridgehead atoms. The fraction of sp³-hybridized carbons (Fsp3) is 0.680. The third-order valence-electron chi connectivity index (χ3n) is 6.84. The van der Waals surface area contributed by atoms with Crippen LogP contribution in [0.15, 0.2) is 24.3 Å². The molecule has 2 aromatic rings. The van der Waals surface area contributed by atoms with Crippen LogP contribution in [-0.2, 0) is 9.47 Å². The van der Waals surface area contributed by atoms with Gasteiger partial charge in [0.25, 0.3) is 5.19 Å². The van der Waals surface area contributed by atoms with E-state index in [1.54, 1.807) is 11.3 Å². The number of fused-ring (bicyclic) bond motifs is 3. The minimum Gasteiger partial charge on any atom is -0.467 e. The van der Waals surface area contributed by atoms with Crippen molar-refractivity contribution in [1.29, 1.82) is 0 Å². The molecule has 1 unspecified atom stereocenters. The molecule has 174 valence electrons. The van der Waals surface area contributed by atoms with Gasteiger partial charge in [-0.1, -0.05) is 23.5 Å². The van der Waals surface area contributed by atoms with Crippen LogP contribution >= 0.6 is 11.3 Å². The summed E-state index contributed by atoms with van der Waals surface area (Å²) < 4.78 is 19.6. The van der Waals surface area contributed by atoms with Gasteiger partial charge >= 0.3 is 6.09 Å². The molecule has 0 radical (unpaired) electrons. The van der Waals surface area contributed by atoms with E-state index in [4.69, 9.17) is 14.2 Å². The van der Waals surface area contributed by atoms with Gasteiger partial charge in [0.1, 0.15) is 11.7 Å². The number of thiazole rings is 1. The maximum absolute atomic E-state index is 12.7. The minimum atomic E-state index is -0.448. The Labute approximate surface area is 194 Å². The lowest BCUT2D eigenvalue weighted by molar-refractivity contribution is -0.0812. The van der Waals surface area contributed by atoms with E-state index in [1.807, 2.05) is 43.9 Å². The van der Waals surface area contributed by atoms with Gasteiger partial charge in [-0.25, -0.2) is 9.78 Å². The first kappa shape index (κ1) is 22.0. The highest BCUT2D eigenvalue weighted by molar-refractivity contribution is 7.20. The van der Waals surface area contributed by atoms with Gasteiger partial charge in [0.2, 0.25) is 0 Å². The van der Waals surface area contributed by atoms with Gasteiger partial charge in [0, 0.05) is 12.1 Å². The van der Waals surface area contributed by atoms with Crippen molar-refractivity contribution in [2.75, 3.05) is 0 Å².